The molecule has 1 aliphatic rings. The summed E-state index contributed by atoms with van der Waals surface area (Å²) >= 11 is 1.73. The Balaban J connectivity index is 1.37. The first-order valence-corrected chi connectivity index (χ1v) is 9.54. The van der Waals surface area contributed by atoms with E-state index >= 15 is 0 Å². The average Bonchev–Trinajstić information content (AvgIpc) is 3.34. The third kappa shape index (κ3) is 3.81. The van der Waals surface area contributed by atoms with Crippen LogP contribution in [0.1, 0.15) is 34.2 Å². The Labute approximate surface area is 155 Å². The Morgan fingerprint density at radius 3 is 3.08 bits per heavy atom. The fraction of sp³-hybridized carbons (Fsp3) is 0.333. The summed E-state index contributed by atoms with van der Waals surface area (Å²) in [6.45, 7) is 3.34. The van der Waals surface area contributed by atoms with Gasteiger partial charge < -0.3 is 5.32 Å². The van der Waals surface area contributed by atoms with E-state index in [0.717, 1.165) is 26.1 Å². The highest BCUT2D eigenvalue weighted by atomic mass is 32.1. The highest BCUT2D eigenvalue weighted by molar-refractivity contribution is 7.07. The second-order valence-electron chi connectivity index (χ2n) is 6.36. The lowest BCUT2D eigenvalue weighted by atomic mass is 10.1. The van der Waals surface area contributed by atoms with Crippen molar-refractivity contribution in [3.05, 3.63) is 64.6 Å². The van der Waals surface area contributed by atoms with Gasteiger partial charge in [-0.3, -0.25) is 19.4 Å². The van der Waals surface area contributed by atoms with E-state index in [-0.39, 0.29) is 11.9 Å². The third-order valence-corrected chi connectivity index (χ3v) is 5.23. The fourth-order valence-electron chi connectivity index (χ4n) is 3.30. The highest BCUT2D eigenvalue weighted by Gasteiger charge is 2.25. The van der Waals surface area contributed by atoms with E-state index in [0.29, 0.717) is 12.2 Å². The van der Waals surface area contributed by atoms with E-state index in [1.807, 2.05) is 6.20 Å². The van der Waals surface area contributed by atoms with Crippen molar-refractivity contribution < 1.29 is 4.79 Å². The number of nitrogens with zero attached hydrogens (tertiary/aromatic N) is 5. The average molecular weight is 368 g/mol. The van der Waals surface area contributed by atoms with Gasteiger partial charge in [-0.15, -0.1) is 0 Å². The SMILES string of the molecule is O=C(NCC[C@@H]1CN(Cc2ccsc2)Cc2ccnn21)c1cnccn1. The summed E-state index contributed by atoms with van der Waals surface area (Å²) in [4.78, 5) is 22.5. The zero-order valence-corrected chi connectivity index (χ0v) is 15.1. The maximum absolute atomic E-state index is 12.1. The molecule has 4 rings (SSSR count). The molecule has 0 spiro atoms. The van der Waals surface area contributed by atoms with E-state index in [2.05, 4.69) is 52.9 Å². The topological polar surface area (TPSA) is 75.9 Å². The van der Waals surface area contributed by atoms with Gasteiger partial charge in [-0.1, -0.05) is 0 Å². The first kappa shape index (κ1) is 16.9. The number of rotatable bonds is 6. The van der Waals surface area contributed by atoms with Crippen LogP contribution in [0.25, 0.3) is 0 Å². The molecule has 0 bridgehead atoms. The van der Waals surface area contributed by atoms with E-state index in [9.17, 15) is 4.79 Å². The van der Waals surface area contributed by atoms with Crippen LogP contribution in [0.15, 0.2) is 47.7 Å². The van der Waals surface area contributed by atoms with Crippen LogP contribution < -0.4 is 5.32 Å². The van der Waals surface area contributed by atoms with Crippen molar-refractivity contribution in [2.24, 2.45) is 0 Å². The maximum Gasteiger partial charge on any atom is 0.271 e. The number of nitrogens with one attached hydrogen (secondary N) is 1. The van der Waals surface area contributed by atoms with Crippen LogP contribution in [-0.4, -0.2) is 43.6 Å². The van der Waals surface area contributed by atoms with Gasteiger partial charge in [-0.05, 0) is 34.9 Å². The molecule has 1 amide bonds. The molecular formula is C18H20N6OS. The molecule has 0 radical (unpaired) electrons. The van der Waals surface area contributed by atoms with Crippen LogP contribution >= 0.6 is 11.3 Å². The van der Waals surface area contributed by atoms with Crippen LogP contribution in [0.2, 0.25) is 0 Å². The number of amides is 1. The molecule has 0 fully saturated rings. The molecule has 4 heterocycles. The summed E-state index contributed by atoms with van der Waals surface area (Å²) < 4.78 is 2.10. The predicted octanol–water partition coefficient (Wildman–Crippen LogP) is 2.11. The van der Waals surface area contributed by atoms with E-state index in [1.165, 1.54) is 23.7 Å². The number of fused-ring (bicyclic) bond motifs is 1. The Morgan fingerprint density at radius 2 is 2.27 bits per heavy atom. The van der Waals surface area contributed by atoms with E-state index in [1.54, 1.807) is 17.5 Å². The Bertz CT molecular complexity index is 848. The molecule has 1 aliphatic heterocycles. The lowest BCUT2D eigenvalue weighted by molar-refractivity contribution is 0.0941. The molecule has 1 N–H and O–H groups in total. The normalized spacial score (nSPS) is 17.0. The first-order valence-electron chi connectivity index (χ1n) is 8.59. The minimum Gasteiger partial charge on any atom is -0.351 e. The van der Waals surface area contributed by atoms with Crippen LogP contribution in [-0.2, 0) is 13.1 Å². The number of hydrogen-bond acceptors (Lipinski definition) is 6. The van der Waals surface area contributed by atoms with Gasteiger partial charge >= 0.3 is 0 Å². The third-order valence-electron chi connectivity index (χ3n) is 4.50. The molecule has 134 valence electrons. The summed E-state index contributed by atoms with van der Waals surface area (Å²) in [5.74, 6) is -0.190. The van der Waals surface area contributed by atoms with Crippen LogP contribution in [0.5, 0.6) is 0 Å². The molecule has 0 aliphatic carbocycles. The Kier molecular flexibility index (Phi) is 5.03. The molecule has 0 unspecified atom stereocenters. The van der Waals surface area contributed by atoms with Crippen molar-refractivity contribution in [2.45, 2.75) is 25.6 Å². The van der Waals surface area contributed by atoms with E-state index in [4.69, 9.17) is 0 Å². The summed E-state index contributed by atoms with van der Waals surface area (Å²) in [6.07, 6.45) is 7.23. The second-order valence-corrected chi connectivity index (χ2v) is 7.14. The second kappa shape index (κ2) is 7.76. The molecule has 3 aromatic rings. The van der Waals surface area contributed by atoms with Crippen molar-refractivity contribution in [1.29, 1.82) is 0 Å². The molecule has 0 saturated carbocycles. The standard InChI is InChI=1S/C18H20N6OS/c25-18(17-9-19-6-7-20-17)21-4-1-15-11-23(10-14-3-8-26-13-14)12-16-2-5-22-24(15)16/h2-3,5-9,13,15H,1,4,10-12H2,(H,21,25)/t15-/m1/s1. The largest absolute Gasteiger partial charge is 0.351 e. The lowest BCUT2D eigenvalue weighted by Gasteiger charge is -2.33. The van der Waals surface area contributed by atoms with Crippen molar-refractivity contribution in [3.8, 4) is 0 Å². The molecule has 7 nitrogen and oxygen atoms in total. The monoisotopic (exact) mass is 368 g/mol. The molecule has 0 aromatic carbocycles. The summed E-state index contributed by atoms with van der Waals surface area (Å²) in [6, 6.07) is 4.49. The maximum atomic E-state index is 12.1. The zero-order valence-electron chi connectivity index (χ0n) is 14.3. The van der Waals surface area contributed by atoms with Gasteiger partial charge in [0.15, 0.2) is 0 Å². The molecular weight excluding hydrogens is 348 g/mol. The predicted molar refractivity (Wildman–Crippen MR) is 98.7 cm³/mol. The van der Waals surface area contributed by atoms with Gasteiger partial charge in [0.1, 0.15) is 5.69 Å². The minimum atomic E-state index is -0.190. The number of aromatic nitrogens is 4. The quantitative estimate of drug-likeness (QED) is 0.721. The highest BCUT2D eigenvalue weighted by Crippen LogP contribution is 2.24. The number of hydrogen-bond donors (Lipinski definition) is 1. The smallest absolute Gasteiger partial charge is 0.271 e. The summed E-state index contributed by atoms with van der Waals surface area (Å²) in [5, 5.41) is 11.7. The first-order chi connectivity index (χ1) is 12.8. The van der Waals surface area contributed by atoms with Gasteiger partial charge in [0.2, 0.25) is 0 Å². The Morgan fingerprint density at radius 1 is 1.31 bits per heavy atom. The van der Waals surface area contributed by atoms with Gasteiger partial charge in [-0.2, -0.15) is 16.4 Å². The minimum absolute atomic E-state index is 0.190. The molecule has 0 saturated heterocycles. The van der Waals surface area contributed by atoms with Gasteiger partial charge in [0.05, 0.1) is 17.9 Å². The molecule has 26 heavy (non-hydrogen) atoms. The van der Waals surface area contributed by atoms with Crippen LogP contribution in [0, 0.1) is 0 Å². The van der Waals surface area contributed by atoms with Crippen molar-refractivity contribution >= 4 is 17.2 Å². The van der Waals surface area contributed by atoms with Gasteiger partial charge in [0, 0.05) is 44.8 Å². The Hall–Kier alpha value is -2.58. The van der Waals surface area contributed by atoms with Crippen molar-refractivity contribution in [1.82, 2.24) is 30.0 Å². The van der Waals surface area contributed by atoms with Gasteiger partial charge in [0.25, 0.3) is 5.91 Å². The fourth-order valence-corrected chi connectivity index (χ4v) is 3.96. The summed E-state index contributed by atoms with van der Waals surface area (Å²) in [7, 11) is 0. The van der Waals surface area contributed by atoms with Crippen LogP contribution in [0.4, 0.5) is 0 Å². The molecule has 3 aromatic heterocycles. The van der Waals surface area contributed by atoms with Crippen molar-refractivity contribution in [2.75, 3.05) is 13.1 Å². The number of thiophene rings is 1. The van der Waals surface area contributed by atoms with E-state index < -0.39 is 0 Å². The zero-order chi connectivity index (χ0) is 17.8. The number of carbonyl (C=O) groups is 1. The van der Waals surface area contributed by atoms with Gasteiger partial charge in [-0.25, -0.2) is 4.98 Å². The molecule has 1 atom stereocenters. The lowest BCUT2D eigenvalue weighted by Crippen LogP contribution is -2.39. The summed E-state index contributed by atoms with van der Waals surface area (Å²) in [5.41, 5.74) is 2.91. The molecule has 8 heteroatoms. The van der Waals surface area contributed by atoms with Crippen LogP contribution in [0.3, 0.4) is 0 Å². The number of carbonyl (C=O) groups excluding carboxylic acids is 1. The van der Waals surface area contributed by atoms with Crippen molar-refractivity contribution in [3.63, 3.8) is 0 Å².